The van der Waals surface area contributed by atoms with Crippen molar-refractivity contribution in [2.75, 3.05) is 11.1 Å². The Kier molecular flexibility index (Phi) is 5.36. The zero-order valence-corrected chi connectivity index (χ0v) is 14.5. The third kappa shape index (κ3) is 4.79. The van der Waals surface area contributed by atoms with Crippen molar-refractivity contribution in [3.05, 3.63) is 65.7 Å². The van der Waals surface area contributed by atoms with Crippen molar-refractivity contribution in [2.24, 2.45) is 0 Å². The van der Waals surface area contributed by atoms with Gasteiger partial charge in [-0.05, 0) is 23.8 Å². The van der Waals surface area contributed by atoms with Gasteiger partial charge in [0.15, 0.2) is 0 Å². The smallest absolute Gasteiger partial charge is 0.368 e. The molecule has 3 rings (SSSR count). The highest BCUT2D eigenvalue weighted by molar-refractivity contribution is 8.00. The number of H-pyrrole nitrogens is 1. The van der Waals surface area contributed by atoms with Gasteiger partial charge in [0.25, 0.3) is 0 Å². The van der Waals surface area contributed by atoms with Gasteiger partial charge in [-0.1, -0.05) is 48.2 Å². The minimum Gasteiger partial charge on any atom is -0.368 e. The predicted octanol–water partition coefficient (Wildman–Crippen LogP) is 3.88. The Morgan fingerprint density at radius 3 is 2.52 bits per heavy atom. The van der Waals surface area contributed by atoms with Crippen molar-refractivity contribution >= 4 is 29.3 Å². The van der Waals surface area contributed by atoms with E-state index in [1.165, 1.54) is 12.1 Å². The fourth-order valence-corrected chi connectivity index (χ4v) is 3.22. The number of anilines is 2. The fourth-order valence-electron chi connectivity index (χ4n) is 2.30. The van der Waals surface area contributed by atoms with Crippen molar-refractivity contribution in [2.45, 2.75) is 16.6 Å². The van der Waals surface area contributed by atoms with Gasteiger partial charge in [0.1, 0.15) is 5.25 Å². The summed E-state index contributed by atoms with van der Waals surface area (Å²) in [5.74, 6) is -0.406. The molecule has 10 heteroatoms. The third-order valence-electron chi connectivity index (χ3n) is 3.50. The number of nitrogens with one attached hydrogen (secondary N) is 2. The summed E-state index contributed by atoms with van der Waals surface area (Å²) in [5, 5.41) is 8.36. The lowest BCUT2D eigenvalue weighted by Crippen LogP contribution is -2.19. The second-order valence-corrected chi connectivity index (χ2v) is 6.55. The second-order valence-electron chi connectivity index (χ2n) is 5.48. The van der Waals surface area contributed by atoms with Crippen LogP contribution in [0.15, 0.2) is 59.8 Å². The normalized spacial score (nSPS) is 12.6. The van der Waals surface area contributed by atoms with Gasteiger partial charge in [0.2, 0.25) is 17.0 Å². The van der Waals surface area contributed by atoms with Crippen LogP contribution in [0.1, 0.15) is 16.4 Å². The summed E-state index contributed by atoms with van der Waals surface area (Å²) in [6.45, 7) is 0. The number of hydrogen-bond acceptors (Lipinski definition) is 5. The van der Waals surface area contributed by atoms with Crippen LogP contribution >= 0.6 is 11.8 Å². The maximum absolute atomic E-state index is 12.9. The van der Waals surface area contributed by atoms with Crippen molar-refractivity contribution in [1.29, 1.82) is 0 Å². The Hall–Kier alpha value is -3.01. The predicted molar refractivity (Wildman–Crippen MR) is 95.9 cm³/mol. The van der Waals surface area contributed by atoms with Gasteiger partial charge in [-0.3, -0.25) is 4.79 Å². The second kappa shape index (κ2) is 7.70. The molecular formula is C17H14F3N5OS. The number of carbonyl (C=O) groups excluding carboxylic acids is 1. The summed E-state index contributed by atoms with van der Waals surface area (Å²) in [5.41, 5.74) is 5.35. The molecule has 1 amide bonds. The van der Waals surface area contributed by atoms with Crippen molar-refractivity contribution in [3.8, 4) is 0 Å². The molecule has 0 spiro atoms. The highest BCUT2D eigenvalue weighted by atomic mass is 32.2. The van der Waals surface area contributed by atoms with Crippen LogP contribution in [0.4, 0.5) is 24.8 Å². The van der Waals surface area contributed by atoms with Gasteiger partial charge in [0.05, 0.1) is 5.56 Å². The number of amides is 1. The van der Waals surface area contributed by atoms with Gasteiger partial charge in [-0.15, -0.1) is 5.10 Å². The molecule has 0 bridgehead atoms. The van der Waals surface area contributed by atoms with E-state index in [-0.39, 0.29) is 16.8 Å². The molecule has 0 aliphatic rings. The maximum Gasteiger partial charge on any atom is 0.416 e. The van der Waals surface area contributed by atoms with E-state index < -0.39 is 22.9 Å². The molecule has 27 heavy (non-hydrogen) atoms. The van der Waals surface area contributed by atoms with Gasteiger partial charge >= 0.3 is 6.18 Å². The molecular weight excluding hydrogens is 379 g/mol. The number of hydrogen-bond donors (Lipinski definition) is 3. The number of aromatic amines is 1. The van der Waals surface area contributed by atoms with E-state index in [0.717, 1.165) is 23.9 Å². The highest BCUT2D eigenvalue weighted by Crippen LogP contribution is 2.35. The first kappa shape index (κ1) is 18.8. The van der Waals surface area contributed by atoms with Gasteiger partial charge < -0.3 is 11.1 Å². The van der Waals surface area contributed by atoms with Crippen LogP contribution in [0.5, 0.6) is 0 Å². The Morgan fingerprint density at radius 1 is 1.15 bits per heavy atom. The van der Waals surface area contributed by atoms with Crippen molar-refractivity contribution in [1.82, 2.24) is 15.2 Å². The van der Waals surface area contributed by atoms with Crippen molar-refractivity contribution in [3.63, 3.8) is 0 Å². The quantitative estimate of drug-likeness (QED) is 0.572. The number of alkyl halides is 3. The number of aromatic nitrogens is 3. The molecule has 1 heterocycles. The van der Waals surface area contributed by atoms with Gasteiger partial charge in [-0.25, -0.2) is 5.10 Å². The number of nitrogens with zero attached hydrogens (tertiary/aromatic N) is 2. The Balaban J connectivity index is 1.85. The van der Waals surface area contributed by atoms with E-state index in [0.29, 0.717) is 5.56 Å². The number of nitrogen functional groups attached to an aromatic ring is 1. The molecule has 1 atom stereocenters. The first-order valence-electron chi connectivity index (χ1n) is 7.70. The van der Waals surface area contributed by atoms with Crippen LogP contribution in [0.2, 0.25) is 0 Å². The standard InChI is InChI=1S/C17H14F3N5OS/c18-17(19,20)11-7-4-8-12(9-11)22-14(26)13(10-5-2-1-3-6-10)27-16-23-15(21)24-25-16/h1-9,13H,(H,22,26)(H3,21,23,24,25)/t13-/m0/s1. The number of nitrogens with two attached hydrogens (primary N) is 1. The Morgan fingerprint density at radius 2 is 1.89 bits per heavy atom. The van der Waals surface area contributed by atoms with Crippen molar-refractivity contribution < 1.29 is 18.0 Å². The first-order valence-corrected chi connectivity index (χ1v) is 8.58. The monoisotopic (exact) mass is 393 g/mol. The molecule has 4 N–H and O–H groups in total. The molecule has 0 fully saturated rings. The van der Waals surface area contributed by atoms with Crippen LogP contribution in [0, 0.1) is 0 Å². The molecule has 3 aromatic rings. The van der Waals surface area contributed by atoms with Gasteiger partial charge in [-0.2, -0.15) is 18.2 Å². The number of halogens is 3. The lowest BCUT2D eigenvalue weighted by Gasteiger charge is -2.16. The zero-order chi connectivity index (χ0) is 19.4. The number of carbonyl (C=O) groups is 1. The lowest BCUT2D eigenvalue weighted by atomic mass is 10.1. The summed E-state index contributed by atoms with van der Waals surface area (Å²) >= 11 is 1.03. The maximum atomic E-state index is 12.9. The van der Waals surface area contributed by atoms with Gasteiger partial charge in [0, 0.05) is 5.69 Å². The van der Waals surface area contributed by atoms with Crippen LogP contribution in [-0.2, 0) is 11.0 Å². The molecule has 6 nitrogen and oxygen atoms in total. The molecule has 0 aliphatic carbocycles. The summed E-state index contributed by atoms with van der Waals surface area (Å²) in [4.78, 5) is 16.7. The van der Waals surface area contributed by atoms with E-state index in [1.807, 2.05) is 0 Å². The average molecular weight is 393 g/mol. The number of rotatable bonds is 5. The van der Waals surface area contributed by atoms with Crippen LogP contribution < -0.4 is 11.1 Å². The summed E-state index contributed by atoms with van der Waals surface area (Å²) in [6, 6.07) is 13.2. The topological polar surface area (TPSA) is 96.7 Å². The van der Waals surface area contributed by atoms with E-state index in [9.17, 15) is 18.0 Å². The molecule has 0 saturated carbocycles. The third-order valence-corrected chi connectivity index (χ3v) is 4.62. The van der Waals surface area contributed by atoms with Crippen LogP contribution in [-0.4, -0.2) is 21.1 Å². The average Bonchev–Trinajstić information content (AvgIpc) is 3.05. The molecule has 0 aliphatic heterocycles. The molecule has 140 valence electrons. The van der Waals surface area contributed by atoms with E-state index in [2.05, 4.69) is 20.5 Å². The van der Waals surface area contributed by atoms with Crippen LogP contribution in [0.3, 0.4) is 0 Å². The molecule has 1 aromatic heterocycles. The molecule has 2 aromatic carbocycles. The number of thioether (sulfide) groups is 1. The summed E-state index contributed by atoms with van der Waals surface area (Å²) in [7, 11) is 0. The van der Waals surface area contributed by atoms with Crippen LogP contribution in [0.25, 0.3) is 0 Å². The number of benzene rings is 2. The molecule has 0 unspecified atom stereocenters. The SMILES string of the molecule is Nc1nc(S[C@H](C(=O)Nc2cccc(C(F)(F)F)c2)c2ccccc2)n[nH]1. The largest absolute Gasteiger partial charge is 0.416 e. The minimum absolute atomic E-state index is 0.0471. The molecule has 0 radical (unpaired) electrons. The fraction of sp³-hybridized carbons (Fsp3) is 0.118. The highest BCUT2D eigenvalue weighted by Gasteiger charge is 2.31. The van der Waals surface area contributed by atoms with E-state index >= 15 is 0 Å². The summed E-state index contributed by atoms with van der Waals surface area (Å²) < 4.78 is 38.6. The Bertz CT molecular complexity index is 930. The molecule has 0 saturated heterocycles. The Labute approximate surface area is 156 Å². The first-order chi connectivity index (χ1) is 12.8. The lowest BCUT2D eigenvalue weighted by molar-refractivity contribution is -0.137. The van der Waals surface area contributed by atoms with E-state index in [1.54, 1.807) is 30.3 Å². The zero-order valence-electron chi connectivity index (χ0n) is 13.7. The van der Waals surface area contributed by atoms with E-state index in [4.69, 9.17) is 5.73 Å². The minimum atomic E-state index is -4.50. The summed E-state index contributed by atoms with van der Waals surface area (Å²) in [6.07, 6.45) is -4.50.